The van der Waals surface area contributed by atoms with Crippen LogP contribution in [0.2, 0.25) is 0 Å². The molecule has 0 bridgehead atoms. The summed E-state index contributed by atoms with van der Waals surface area (Å²) in [5, 5.41) is 2.96. The molecule has 0 radical (unpaired) electrons. The van der Waals surface area contributed by atoms with Gasteiger partial charge in [0, 0.05) is 28.6 Å². The second kappa shape index (κ2) is 7.26. The van der Waals surface area contributed by atoms with E-state index in [0.717, 1.165) is 27.0 Å². The maximum atomic E-state index is 12.2. The van der Waals surface area contributed by atoms with Crippen LogP contribution in [0.15, 0.2) is 40.9 Å². The lowest BCUT2D eigenvalue weighted by atomic mass is 9.84. The molecule has 1 amide bonds. The molecule has 1 atom stereocenters. The highest BCUT2D eigenvalue weighted by Gasteiger charge is 2.28. The Bertz CT molecular complexity index is 743. The summed E-state index contributed by atoms with van der Waals surface area (Å²) in [7, 11) is 0. The number of amides is 1. The number of nitrogens with one attached hydrogen (secondary N) is 1. The van der Waals surface area contributed by atoms with E-state index >= 15 is 0 Å². The third kappa shape index (κ3) is 3.41. The molecule has 1 aliphatic rings. The van der Waals surface area contributed by atoms with Crippen molar-refractivity contribution in [2.75, 3.05) is 18.5 Å². The molecule has 0 unspecified atom stereocenters. The fourth-order valence-electron chi connectivity index (χ4n) is 3.00. The van der Waals surface area contributed by atoms with Gasteiger partial charge in [-0.25, -0.2) is 0 Å². The van der Waals surface area contributed by atoms with Gasteiger partial charge in [-0.3, -0.25) is 4.79 Å². The molecule has 1 aliphatic heterocycles. The summed E-state index contributed by atoms with van der Waals surface area (Å²) in [6.07, 6.45) is 0.425. The summed E-state index contributed by atoms with van der Waals surface area (Å²) >= 11 is 3.46. The Hall–Kier alpha value is -2.01. The Morgan fingerprint density at radius 2 is 1.71 bits per heavy atom. The first-order valence-electron chi connectivity index (χ1n) is 8.11. The van der Waals surface area contributed by atoms with Crippen molar-refractivity contribution in [3.05, 3.63) is 52.0 Å². The Labute approximate surface area is 150 Å². The van der Waals surface area contributed by atoms with Crippen LogP contribution in [-0.2, 0) is 4.79 Å². The second-order valence-electron chi connectivity index (χ2n) is 5.61. The number of carbonyl (C=O) groups is 1. The van der Waals surface area contributed by atoms with Gasteiger partial charge < -0.3 is 14.8 Å². The van der Waals surface area contributed by atoms with Gasteiger partial charge in [-0.15, -0.1) is 0 Å². The predicted molar refractivity (Wildman–Crippen MR) is 98.0 cm³/mol. The van der Waals surface area contributed by atoms with E-state index in [4.69, 9.17) is 9.47 Å². The number of benzene rings is 2. The van der Waals surface area contributed by atoms with Crippen LogP contribution in [0.1, 0.15) is 37.3 Å². The lowest BCUT2D eigenvalue weighted by Gasteiger charge is -2.27. The lowest BCUT2D eigenvalue weighted by molar-refractivity contribution is -0.116. The van der Waals surface area contributed by atoms with E-state index in [-0.39, 0.29) is 11.8 Å². The third-order valence-corrected chi connectivity index (χ3v) is 4.56. The fourth-order valence-corrected chi connectivity index (χ4v) is 3.26. The van der Waals surface area contributed by atoms with Crippen molar-refractivity contribution in [1.29, 1.82) is 0 Å². The summed E-state index contributed by atoms with van der Waals surface area (Å²) in [5.41, 5.74) is 2.97. The van der Waals surface area contributed by atoms with Crippen LogP contribution in [0.25, 0.3) is 0 Å². The molecule has 126 valence electrons. The molecule has 0 saturated carbocycles. The molecular formula is C19H20BrNO3. The zero-order chi connectivity index (χ0) is 17.1. The Morgan fingerprint density at radius 1 is 1.08 bits per heavy atom. The molecule has 24 heavy (non-hydrogen) atoms. The molecule has 2 aromatic rings. The first-order chi connectivity index (χ1) is 11.6. The van der Waals surface area contributed by atoms with E-state index in [0.29, 0.717) is 25.4 Å². The molecule has 0 spiro atoms. The molecule has 3 rings (SSSR count). The number of hydrogen-bond donors (Lipinski definition) is 1. The molecule has 4 nitrogen and oxygen atoms in total. The van der Waals surface area contributed by atoms with Crippen LogP contribution < -0.4 is 14.8 Å². The van der Waals surface area contributed by atoms with Crippen LogP contribution >= 0.6 is 15.9 Å². The van der Waals surface area contributed by atoms with Crippen molar-refractivity contribution in [2.24, 2.45) is 0 Å². The molecule has 0 aromatic heterocycles. The normalized spacial score (nSPS) is 16.3. The van der Waals surface area contributed by atoms with Crippen molar-refractivity contribution >= 4 is 27.5 Å². The van der Waals surface area contributed by atoms with Crippen molar-refractivity contribution in [3.63, 3.8) is 0 Å². The largest absolute Gasteiger partial charge is 0.490 e. The highest BCUT2D eigenvalue weighted by Crippen LogP contribution is 2.43. The molecule has 5 heteroatoms. The van der Waals surface area contributed by atoms with Gasteiger partial charge in [0.15, 0.2) is 11.5 Å². The number of carbonyl (C=O) groups excluding carboxylic acids is 1. The van der Waals surface area contributed by atoms with Gasteiger partial charge in [-0.1, -0.05) is 28.1 Å². The number of hydrogen-bond acceptors (Lipinski definition) is 3. The molecule has 0 aliphatic carbocycles. The summed E-state index contributed by atoms with van der Waals surface area (Å²) in [4.78, 5) is 12.2. The van der Waals surface area contributed by atoms with E-state index in [1.165, 1.54) is 0 Å². The highest BCUT2D eigenvalue weighted by molar-refractivity contribution is 9.10. The quantitative estimate of drug-likeness (QED) is 0.804. The minimum absolute atomic E-state index is 0.0109. The maximum absolute atomic E-state index is 12.2. The standard InChI is InChI=1S/C19H20BrNO3/c1-3-23-17-9-15-14(12-5-7-13(20)8-6-12)10-19(22)21-16(15)11-18(17)24-4-2/h5-9,11,14H,3-4,10H2,1-2H3,(H,21,22)/t14-/m1/s1. The number of ether oxygens (including phenoxy) is 2. The molecule has 1 heterocycles. The minimum atomic E-state index is 0.0109. The summed E-state index contributed by atoms with van der Waals surface area (Å²) in [5.74, 6) is 1.41. The van der Waals surface area contributed by atoms with Crippen molar-refractivity contribution in [2.45, 2.75) is 26.2 Å². The number of anilines is 1. The maximum Gasteiger partial charge on any atom is 0.225 e. The molecule has 0 saturated heterocycles. The Balaban J connectivity index is 2.08. The van der Waals surface area contributed by atoms with E-state index in [2.05, 4.69) is 21.2 Å². The first-order valence-corrected chi connectivity index (χ1v) is 8.90. The molecule has 1 N–H and O–H groups in total. The van der Waals surface area contributed by atoms with E-state index in [1.54, 1.807) is 0 Å². The van der Waals surface area contributed by atoms with E-state index in [9.17, 15) is 4.79 Å². The van der Waals surface area contributed by atoms with E-state index in [1.807, 2.05) is 50.2 Å². The second-order valence-corrected chi connectivity index (χ2v) is 6.52. The average Bonchev–Trinajstić information content (AvgIpc) is 2.56. The van der Waals surface area contributed by atoms with Crippen LogP contribution in [-0.4, -0.2) is 19.1 Å². The lowest BCUT2D eigenvalue weighted by Crippen LogP contribution is -2.23. The average molecular weight is 390 g/mol. The minimum Gasteiger partial charge on any atom is -0.490 e. The van der Waals surface area contributed by atoms with Crippen LogP contribution in [0.4, 0.5) is 5.69 Å². The first kappa shape index (κ1) is 16.8. The van der Waals surface area contributed by atoms with Crippen LogP contribution in [0.5, 0.6) is 11.5 Å². The van der Waals surface area contributed by atoms with Gasteiger partial charge >= 0.3 is 0 Å². The number of rotatable bonds is 5. The topological polar surface area (TPSA) is 47.6 Å². The highest BCUT2D eigenvalue weighted by atomic mass is 79.9. The molecule has 2 aromatic carbocycles. The molecule has 0 fully saturated rings. The van der Waals surface area contributed by atoms with Crippen molar-refractivity contribution in [1.82, 2.24) is 0 Å². The summed E-state index contributed by atoms with van der Waals surface area (Å²) < 4.78 is 12.4. The zero-order valence-electron chi connectivity index (χ0n) is 13.8. The summed E-state index contributed by atoms with van der Waals surface area (Å²) in [6.45, 7) is 4.98. The summed E-state index contributed by atoms with van der Waals surface area (Å²) in [6, 6.07) is 12.0. The van der Waals surface area contributed by atoms with Gasteiger partial charge in [-0.2, -0.15) is 0 Å². The third-order valence-electron chi connectivity index (χ3n) is 4.03. The van der Waals surface area contributed by atoms with Crippen molar-refractivity contribution < 1.29 is 14.3 Å². The zero-order valence-corrected chi connectivity index (χ0v) is 15.4. The van der Waals surface area contributed by atoms with Gasteiger partial charge in [-0.05, 0) is 43.2 Å². The van der Waals surface area contributed by atoms with Crippen LogP contribution in [0.3, 0.4) is 0 Å². The predicted octanol–water partition coefficient (Wildman–Crippen LogP) is 4.72. The Morgan fingerprint density at radius 3 is 2.33 bits per heavy atom. The smallest absolute Gasteiger partial charge is 0.225 e. The van der Waals surface area contributed by atoms with Gasteiger partial charge in [0.05, 0.1) is 13.2 Å². The van der Waals surface area contributed by atoms with Crippen LogP contribution in [0, 0.1) is 0 Å². The van der Waals surface area contributed by atoms with Crippen molar-refractivity contribution in [3.8, 4) is 11.5 Å². The fraction of sp³-hybridized carbons (Fsp3) is 0.316. The van der Waals surface area contributed by atoms with Gasteiger partial charge in [0.1, 0.15) is 0 Å². The Kier molecular flexibility index (Phi) is 5.09. The monoisotopic (exact) mass is 389 g/mol. The van der Waals surface area contributed by atoms with E-state index < -0.39 is 0 Å². The number of halogens is 1. The van der Waals surface area contributed by atoms with Gasteiger partial charge in [0.25, 0.3) is 0 Å². The SMILES string of the molecule is CCOc1cc2c(cc1OCC)[C@@H](c1ccc(Br)cc1)CC(=O)N2. The van der Waals surface area contributed by atoms with Gasteiger partial charge in [0.2, 0.25) is 5.91 Å². The molecular weight excluding hydrogens is 370 g/mol. The number of fused-ring (bicyclic) bond motifs is 1.